The summed E-state index contributed by atoms with van der Waals surface area (Å²) < 4.78 is 5.92. The van der Waals surface area contributed by atoms with Gasteiger partial charge < -0.3 is 4.74 Å². The fraction of sp³-hybridized carbons (Fsp3) is 0.267. The lowest BCUT2D eigenvalue weighted by atomic mass is 10.1. The average molecular weight is 335 g/mol. The number of esters is 1. The van der Waals surface area contributed by atoms with Crippen LogP contribution in [0.1, 0.15) is 28.8 Å². The van der Waals surface area contributed by atoms with Crippen molar-refractivity contribution < 1.29 is 9.53 Å². The molecule has 0 unspecified atom stereocenters. The van der Waals surface area contributed by atoms with Gasteiger partial charge in [-0.3, -0.25) is 0 Å². The predicted molar refractivity (Wildman–Crippen MR) is 80.6 cm³/mol. The number of carbonyl (C=O) groups is 1. The van der Waals surface area contributed by atoms with E-state index in [1.165, 1.54) is 0 Å². The molecule has 0 bridgehead atoms. The highest BCUT2D eigenvalue weighted by Gasteiger charge is 2.14. The molecule has 2 aromatic rings. The quantitative estimate of drug-likeness (QED) is 0.803. The zero-order valence-electron chi connectivity index (χ0n) is 11.6. The van der Waals surface area contributed by atoms with Crippen LogP contribution in [0.2, 0.25) is 0 Å². The fourth-order valence-corrected chi connectivity index (χ4v) is 2.22. The number of aryl methyl sites for hydroxylation is 2. The summed E-state index contributed by atoms with van der Waals surface area (Å²) in [4.78, 5) is 20.2. The molecular weight excluding hydrogens is 320 g/mol. The summed E-state index contributed by atoms with van der Waals surface area (Å²) in [5, 5.41) is 0. The van der Waals surface area contributed by atoms with Gasteiger partial charge in [0.2, 0.25) is 5.82 Å². The smallest absolute Gasteiger partial charge is 0.376 e. The van der Waals surface area contributed by atoms with Crippen LogP contribution in [0, 0.1) is 13.8 Å². The van der Waals surface area contributed by atoms with Gasteiger partial charge in [-0.25, -0.2) is 14.8 Å². The Kier molecular flexibility index (Phi) is 4.49. The van der Waals surface area contributed by atoms with Crippen molar-refractivity contribution in [2.45, 2.75) is 20.8 Å². The minimum Gasteiger partial charge on any atom is -0.460 e. The van der Waals surface area contributed by atoms with Crippen LogP contribution in [0.15, 0.2) is 28.7 Å². The summed E-state index contributed by atoms with van der Waals surface area (Å²) in [6.07, 6.45) is 0. The van der Waals surface area contributed by atoms with Crippen molar-refractivity contribution in [3.63, 3.8) is 0 Å². The molecule has 0 aliphatic rings. The molecule has 0 amide bonds. The van der Waals surface area contributed by atoms with E-state index in [4.69, 9.17) is 4.74 Å². The first-order chi connectivity index (χ1) is 9.51. The van der Waals surface area contributed by atoms with Crippen molar-refractivity contribution in [1.82, 2.24) is 9.97 Å². The number of halogens is 1. The van der Waals surface area contributed by atoms with E-state index in [0.29, 0.717) is 6.61 Å². The van der Waals surface area contributed by atoms with E-state index in [1.807, 2.05) is 38.1 Å². The van der Waals surface area contributed by atoms with Crippen molar-refractivity contribution in [3.05, 3.63) is 45.8 Å². The first kappa shape index (κ1) is 14.7. The predicted octanol–water partition coefficient (Wildman–Crippen LogP) is 3.70. The van der Waals surface area contributed by atoms with E-state index in [2.05, 4.69) is 25.9 Å². The third-order valence-electron chi connectivity index (χ3n) is 2.79. The zero-order valence-corrected chi connectivity index (χ0v) is 13.2. The number of rotatable bonds is 3. The van der Waals surface area contributed by atoms with Crippen LogP contribution in [-0.4, -0.2) is 22.5 Å². The van der Waals surface area contributed by atoms with Crippen LogP contribution >= 0.6 is 15.9 Å². The summed E-state index contributed by atoms with van der Waals surface area (Å²) >= 11 is 3.45. The third-order valence-corrected chi connectivity index (χ3v) is 3.28. The number of nitrogens with zero attached hydrogens (tertiary/aromatic N) is 2. The maximum atomic E-state index is 11.8. The number of ether oxygens (including phenoxy) is 1. The van der Waals surface area contributed by atoms with Crippen molar-refractivity contribution in [2.75, 3.05) is 6.61 Å². The van der Waals surface area contributed by atoms with Gasteiger partial charge in [-0.05, 0) is 44.5 Å². The monoisotopic (exact) mass is 334 g/mol. The molecule has 0 spiro atoms. The minimum atomic E-state index is -0.495. The lowest BCUT2D eigenvalue weighted by Crippen LogP contribution is -2.11. The molecule has 0 aliphatic carbocycles. The molecule has 1 aromatic carbocycles. The van der Waals surface area contributed by atoms with Gasteiger partial charge in [0.05, 0.1) is 12.3 Å². The van der Waals surface area contributed by atoms with Crippen LogP contribution in [0.5, 0.6) is 0 Å². The number of carbonyl (C=O) groups excluding carboxylic acids is 1. The van der Waals surface area contributed by atoms with Crippen molar-refractivity contribution in [1.29, 1.82) is 0 Å². The standard InChI is InChI=1S/C15H15BrN2O2/c1-4-20-15(19)14-17-10(3)7-13(18-14)12-8-11(16)6-5-9(12)2/h5-8H,4H2,1-3H3. The topological polar surface area (TPSA) is 52.1 Å². The van der Waals surface area contributed by atoms with E-state index in [1.54, 1.807) is 6.92 Å². The number of hydrogen-bond acceptors (Lipinski definition) is 4. The van der Waals surface area contributed by atoms with Crippen LogP contribution in [0.3, 0.4) is 0 Å². The van der Waals surface area contributed by atoms with Gasteiger partial charge in [-0.2, -0.15) is 0 Å². The zero-order chi connectivity index (χ0) is 14.7. The Morgan fingerprint density at radius 3 is 2.70 bits per heavy atom. The second-order valence-corrected chi connectivity index (χ2v) is 5.31. The number of hydrogen-bond donors (Lipinski definition) is 0. The molecule has 20 heavy (non-hydrogen) atoms. The molecule has 1 aromatic heterocycles. The second-order valence-electron chi connectivity index (χ2n) is 4.40. The van der Waals surface area contributed by atoms with Gasteiger partial charge in [0.25, 0.3) is 0 Å². The molecule has 0 aliphatic heterocycles. The van der Waals surface area contributed by atoms with Gasteiger partial charge in [0.1, 0.15) is 0 Å². The first-order valence-corrected chi connectivity index (χ1v) is 7.10. The van der Waals surface area contributed by atoms with E-state index < -0.39 is 5.97 Å². The Morgan fingerprint density at radius 2 is 2.00 bits per heavy atom. The van der Waals surface area contributed by atoms with Gasteiger partial charge in [0, 0.05) is 15.7 Å². The highest BCUT2D eigenvalue weighted by molar-refractivity contribution is 9.10. The van der Waals surface area contributed by atoms with Crippen molar-refractivity contribution >= 4 is 21.9 Å². The normalized spacial score (nSPS) is 10.4. The van der Waals surface area contributed by atoms with Crippen LogP contribution in [0.4, 0.5) is 0 Å². The molecule has 1 heterocycles. The summed E-state index contributed by atoms with van der Waals surface area (Å²) in [6.45, 7) is 5.90. The molecule has 0 fully saturated rings. The minimum absolute atomic E-state index is 0.0984. The number of aromatic nitrogens is 2. The van der Waals surface area contributed by atoms with Gasteiger partial charge in [0.15, 0.2) is 0 Å². The molecule has 5 heteroatoms. The van der Waals surface area contributed by atoms with E-state index in [0.717, 1.165) is 27.0 Å². The highest BCUT2D eigenvalue weighted by Crippen LogP contribution is 2.25. The number of benzene rings is 1. The molecule has 0 saturated heterocycles. The van der Waals surface area contributed by atoms with E-state index in [9.17, 15) is 4.79 Å². The summed E-state index contributed by atoms with van der Waals surface area (Å²) in [5.41, 5.74) is 3.51. The highest BCUT2D eigenvalue weighted by atomic mass is 79.9. The Hall–Kier alpha value is -1.75. The molecule has 0 saturated carbocycles. The first-order valence-electron chi connectivity index (χ1n) is 6.30. The largest absolute Gasteiger partial charge is 0.460 e. The second kappa shape index (κ2) is 6.13. The Morgan fingerprint density at radius 1 is 1.25 bits per heavy atom. The van der Waals surface area contributed by atoms with Crippen molar-refractivity contribution in [2.24, 2.45) is 0 Å². The van der Waals surface area contributed by atoms with Crippen LogP contribution < -0.4 is 0 Å². The third kappa shape index (κ3) is 3.22. The molecular formula is C15H15BrN2O2. The summed E-state index contributed by atoms with van der Waals surface area (Å²) in [5.74, 6) is -0.397. The molecule has 2 rings (SSSR count). The van der Waals surface area contributed by atoms with E-state index >= 15 is 0 Å². The van der Waals surface area contributed by atoms with Crippen molar-refractivity contribution in [3.8, 4) is 11.3 Å². The molecule has 0 atom stereocenters. The maximum absolute atomic E-state index is 11.8. The van der Waals surface area contributed by atoms with Gasteiger partial charge in [-0.1, -0.05) is 22.0 Å². The molecule has 0 radical (unpaired) electrons. The summed E-state index contributed by atoms with van der Waals surface area (Å²) in [7, 11) is 0. The fourth-order valence-electron chi connectivity index (χ4n) is 1.86. The van der Waals surface area contributed by atoms with Crippen LogP contribution in [-0.2, 0) is 4.74 Å². The van der Waals surface area contributed by atoms with Crippen LogP contribution in [0.25, 0.3) is 11.3 Å². The SMILES string of the molecule is CCOC(=O)c1nc(C)cc(-c2cc(Br)ccc2C)n1. The lowest BCUT2D eigenvalue weighted by Gasteiger charge is -2.08. The Bertz CT molecular complexity index is 656. The average Bonchev–Trinajstić information content (AvgIpc) is 2.41. The van der Waals surface area contributed by atoms with Gasteiger partial charge >= 0.3 is 5.97 Å². The molecule has 104 valence electrons. The van der Waals surface area contributed by atoms with Gasteiger partial charge in [-0.15, -0.1) is 0 Å². The summed E-state index contributed by atoms with van der Waals surface area (Å²) in [6, 6.07) is 7.81. The Balaban J connectivity index is 2.52. The van der Waals surface area contributed by atoms with E-state index in [-0.39, 0.29) is 5.82 Å². The molecule has 0 N–H and O–H groups in total. The molecule has 4 nitrogen and oxygen atoms in total. The lowest BCUT2D eigenvalue weighted by molar-refractivity contribution is 0.0512. The maximum Gasteiger partial charge on any atom is 0.376 e. The Labute approximate surface area is 126 Å².